The first-order valence-corrected chi connectivity index (χ1v) is 10.9. The van der Waals surface area contributed by atoms with Gasteiger partial charge in [-0.25, -0.2) is 0 Å². The molecule has 1 amide bonds. The first-order chi connectivity index (χ1) is 16.4. The first kappa shape index (κ1) is 24.5. The van der Waals surface area contributed by atoms with Gasteiger partial charge in [-0.2, -0.15) is 5.26 Å². The molecule has 1 N–H and O–H groups in total. The second-order valence-electron chi connectivity index (χ2n) is 7.07. The van der Waals surface area contributed by atoms with Gasteiger partial charge in [0.05, 0.1) is 40.4 Å². The average molecular weight is 481 g/mol. The van der Waals surface area contributed by atoms with Crippen molar-refractivity contribution >= 4 is 35.3 Å². The highest BCUT2D eigenvalue weighted by Gasteiger charge is 2.46. The van der Waals surface area contributed by atoms with Gasteiger partial charge in [0.1, 0.15) is 12.5 Å². The molecule has 34 heavy (non-hydrogen) atoms. The van der Waals surface area contributed by atoms with E-state index >= 15 is 0 Å². The Labute approximate surface area is 198 Å². The Hall–Kier alpha value is -4.17. The van der Waals surface area contributed by atoms with Gasteiger partial charge in [-0.15, -0.1) is 0 Å². The number of hydrogen-bond donors (Lipinski definition) is 1. The highest BCUT2D eigenvalue weighted by molar-refractivity contribution is 8.03. The van der Waals surface area contributed by atoms with Crippen LogP contribution in [0.1, 0.15) is 17.0 Å². The van der Waals surface area contributed by atoms with Crippen LogP contribution in [0.5, 0.6) is 0 Å². The van der Waals surface area contributed by atoms with E-state index in [-0.39, 0.29) is 34.2 Å². The minimum absolute atomic E-state index is 0.0130. The van der Waals surface area contributed by atoms with Gasteiger partial charge in [0.15, 0.2) is 0 Å². The van der Waals surface area contributed by atoms with Crippen molar-refractivity contribution in [3.8, 4) is 6.07 Å². The molecule has 0 saturated heterocycles. The van der Waals surface area contributed by atoms with Gasteiger partial charge in [-0.3, -0.25) is 24.5 Å². The maximum Gasteiger partial charge on any atom is 0.319 e. The Morgan fingerprint density at radius 3 is 2.50 bits per heavy atom. The minimum atomic E-state index is -1.52. The summed E-state index contributed by atoms with van der Waals surface area (Å²) in [7, 11) is 1.08. The summed E-state index contributed by atoms with van der Waals surface area (Å²) < 4.78 is 9.94. The van der Waals surface area contributed by atoms with E-state index in [4.69, 9.17) is 9.47 Å². The smallest absolute Gasteiger partial charge is 0.319 e. The van der Waals surface area contributed by atoms with E-state index in [0.29, 0.717) is 0 Å². The number of hydrogen-bond acceptors (Lipinski definition) is 9. The van der Waals surface area contributed by atoms with E-state index in [1.54, 1.807) is 24.3 Å². The molecular weight excluding hydrogens is 462 g/mol. The van der Waals surface area contributed by atoms with Gasteiger partial charge in [0, 0.05) is 11.6 Å². The molecule has 0 spiro atoms. The number of rotatable bonds is 8. The number of allylic oxidation sites excluding steroid dienone is 1. The fourth-order valence-corrected chi connectivity index (χ4v) is 4.33. The molecule has 0 aliphatic carbocycles. The van der Waals surface area contributed by atoms with Crippen LogP contribution in [0.15, 0.2) is 65.2 Å². The molecule has 1 heterocycles. The van der Waals surface area contributed by atoms with E-state index in [2.05, 4.69) is 5.32 Å². The van der Waals surface area contributed by atoms with Gasteiger partial charge in [0.25, 0.3) is 5.69 Å². The van der Waals surface area contributed by atoms with Gasteiger partial charge < -0.3 is 14.8 Å². The van der Waals surface area contributed by atoms with Crippen molar-refractivity contribution in [1.29, 1.82) is 5.26 Å². The third kappa shape index (κ3) is 5.41. The number of para-hydroxylation sites is 1. The molecule has 10 nitrogen and oxygen atoms in total. The molecule has 3 rings (SSSR count). The molecule has 174 valence electrons. The van der Waals surface area contributed by atoms with Crippen LogP contribution in [0.25, 0.3) is 0 Å². The predicted molar refractivity (Wildman–Crippen MR) is 121 cm³/mol. The van der Waals surface area contributed by atoms with Crippen molar-refractivity contribution < 1.29 is 28.8 Å². The summed E-state index contributed by atoms with van der Waals surface area (Å²) in [4.78, 5) is 48.4. The summed E-state index contributed by atoms with van der Waals surface area (Å²) in [6.07, 6.45) is 0. The molecule has 0 saturated carbocycles. The number of esters is 2. The number of ether oxygens (including phenoxy) is 2. The lowest BCUT2D eigenvalue weighted by Crippen LogP contribution is -2.44. The van der Waals surface area contributed by atoms with Crippen molar-refractivity contribution in [2.24, 2.45) is 5.92 Å². The van der Waals surface area contributed by atoms with E-state index < -0.39 is 34.6 Å². The topological polar surface area (TPSA) is 149 Å². The van der Waals surface area contributed by atoms with Crippen molar-refractivity contribution in [1.82, 2.24) is 5.32 Å². The van der Waals surface area contributed by atoms with Crippen LogP contribution in [0, 0.1) is 27.4 Å². The average Bonchev–Trinajstić information content (AvgIpc) is 2.85. The summed E-state index contributed by atoms with van der Waals surface area (Å²) in [6, 6.07) is 16.5. The molecule has 0 fully saturated rings. The Morgan fingerprint density at radius 1 is 1.18 bits per heavy atom. The lowest BCUT2D eigenvalue weighted by molar-refractivity contribution is -0.385. The van der Waals surface area contributed by atoms with Crippen LogP contribution in [0.4, 0.5) is 5.69 Å². The number of nitro groups is 1. The normalized spacial score (nSPS) is 17.4. The largest absolute Gasteiger partial charge is 0.468 e. The SMILES string of the molecule is COC(=O)C1C(=O)NC(SCC(=O)OCc2ccccc2)=C(C#N)C1c1ccccc1[N+](=O)[O-]. The molecular formula is C23H19N3O7S. The molecule has 11 heteroatoms. The summed E-state index contributed by atoms with van der Waals surface area (Å²) >= 11 is 0.840. The van der Waals surface area contributed by atoms with E-state index in [1.165, 1.54) is 24.3 Å². The molecule has 2 atom stereocenters. The predicted octanol–water partition coefficient (Wildman–Crippen LogP) is 2.81. The van der Waals surface area contributed by atoms with Crippen LogP contribution in [0.2, 0.25) is 0 Å². The zero-order chi connectivity index (χ0) is 24.7. The zero-order valence-electron chi connectivity index (χ0n) is 17.9. The summed E-state index contributed by atoms with van der Waals surface area (Å²) in [5, 5.41) is 24.0. The Bertz CT molecular complexity index is 1190. The maximum absolute atomic E-state index is 12.8. The van der Waals surface area contributed by atoms with E-state index in [0.717, 1.165) is 24.4 Å². The van der Waals surface area contributed by atoms with Crippen molar-refractivity contribution in [3.63, 3.8) is 0 Å². The van der Waals surface area contributed by atoms with Crippen molar-refractivity contribution in [2.75, 3.05) is 12.9 Å². The quantitative estimate of drug-likeness (QED) is 0.260. The van der Waals surface area contributed by atoms with Gasteiger partial charge in [-0.1, -0.05) is 60.3 Å². The van der Waals surface area contributed by atoms with Crippen LogP contribution in [0.3, 0.4) is 0 Å². The molecule has 2 aromatic carbocycles. The molecule has 1 aliphatic rings. The number of amides is 1. The molecule has 0 bridgehead atoms. The Morgan fingerprint density at radius 2 is 1.85 bits per heavy atom. The van der Waals surface area contributed by atoms with Crippen molar-refractivity contribution in [3.05, 3.63) is 86.4 Å². The molecule has 2 unspecified atom stereocenters. The summed E-state index contributed by atoms with van der Waals surface area (Å²) in [5.74, 6) is -5.36. The minimum Gasteiger partial charge on any atom is -0.468 e. The number of thioether (sulfide) groups is 1. The fraction of sp³-hybridized carbons (Fsp3) is 0.217. The number of benzene rings is 2. The standard InChI is InChI=1S/C23H19N3O7S/c1-32-23(29)20-19(15-9-5-6-10-17(15)26(30)31)16(11-24)22(25-21(20)28)34-13-18(27)33-12-14-7-3-2-4-8-14/h2-10,19-20H,12-13H2,1H3,(H,25,28). The number of nitrogens with one attached hydrogen (secondary N) is 1. The maximum atomic E-state index is 12.8. The Kier molecular flexibility index (Phi) is 8.00. The van der Waals surface area contributed by atoms with Crippen LogP contribution in [-0.4, -0.2) is 35.6 Å². The van der Waals surface area contributed by atoms with Crippen LogP contribution < -0.4 is 5.32 Å². The van der Waals surface area contributed by atoms with E-state index in [9.17, 15) is 29.8 Å². The molecule has 2 aromatic rings. The zero-order valence-corrected chi connectivity index (χ0v) is 18.7. The lowest BCUT2D eigenvalue weighted by atomic mass is 9.78. The highest BCUT2D eigenvalue weighted by atomic mass is 32.2. The van der Waals surface area contributed by atoms with Crippen LogP contribution >= 0.6 is 11.8 Å². The third-order valence-electron chi connectivity index (χ3n) is 5.03. The van der Waals surface area contributed by atoms with Gasteiger partial charge in [0.2, 0.25) is 5.91 Å². The van der Waals surface area contributed by atoms with Gasteiger partial charge in [-0.05, 0) is 5.56 Å². The van der Waals surface area contributed by atoms with Crippen LogP contribution in [-0.2, 0) is 30.5 Å². The monoisotopic (exact) mass is 481 g/mol. The van der Waals surface area contributed by atoms with E-state index in [1.807, 2.05) is 12.1 Å². The molecule has 0 aromatic heterocycles. The number of nitro benzene ring substituents is 1. The number of carbonyl (C=O) groups is 3. The highest BCUT2D eigenvalue weighted by Crippen LogP contribution is 2.43. The second kappa shape index (κ2) is 11.1. The fourth-order valence-electron chi connectivity index (χ4n) is 3.48. The molecule has 1 aliphatic heterocycles. The first-order valence-electron chi connectivity index (χ1n) is 9.96. The summed E-state index contributed by atoms with van der Waals surface area (Å²) in [5.41, 5.74) is 0.362. The lowest BCUT2D eigenvalue weighted by Gasteiger charge is -2.30. The number of carbonyl (C=O) groups excluding carboxylic acids is 3. The third-order valence-corrected chi connectivity index (χ3v) is 6.02. The van der Waals surface area contributed by atoms with Crippen molar-refractivity contribution in [2.45, 2.75) is 12.5 Å². The Balaban J connectivity index is 1.91. The van der Waals surface area contributed by atoms with Gasteiger partial charge >= 0.3 is 11.9 Å². The number of methoxy groups -OCH3 is 1. The number of nitrogens with zero attached hydrogens (tertiary/aromatic N) is 2. The summed E-state index contributed by atoms with van der Waals surface area (Å²) in [6.45, 7) is 0.0556. The molecule has 0 radical (unpaired) electrons. The second-order valence-corrected chi connectivity index (χ2v) is 8.06. The number of nitriles is 1.